The van der Waals surface area contributed by atoms with Crippen molar-refractivity contribution in [3.05, 3.63) is 42.0 Å². The molecule has 0 bridgehead atoms. The van der Waals surface area contributed by atoms with Crippen molar-refractivity contribution >= 4 is 32.6 Å². The number of aromatic nitrogens is 3. The topological polar surface area (TPSA) is 54.3 Å². The Balaban J connectivity index is 1.95. The molecule has 0 aliphatic carbocycles. The number of fused-ring (bicyclic) bond motifs is 1. The van der Waals surface area contributed by atoms with Crippen LogP contribution >= 0.6 is 11.3 Å². The van der Waals surface area contributed by atoms with E-state index >= 15 is 0 Å². The largest absolute Gasteiger partial charge is 0.309 e. The van der Waals surface area contributed by atoms with Gasteiger partial charge in [-0.05, 0) is 45.3 Å². The quantitative estimate of drug-likeness (QED) is 0.677. The van der Waals surface area contributed by atoms with E-state index < -0.39 is 0 Å². The van der Waals surface area contributed by atoms with Crippen molar-refractivity contribution < 1.29 is 9.18 Å². The maximum Gasteiger partial charge on any atom is 0.278 e. The Hall–Kier alpha value is -2.32. The van der Waals surface area contributed by atoms with Crippen LogP contribution in [-0.4, -0.2) is 52.8 Å². The number of amides is 1. The predicted octanol–water partition coefficient (Wildman–Crippen LogP) is 2.77. The van der Waals surface area contributed by atoms with Crippen LogP contribution in [0.4, 0.5) is 9.52 Å². The summed E-state index contributed by atoms with van der Waals surface area (Å²) in [4.78, 5) is 21.0. The summed E-state index contributed by atoms with van der Waals surface area (Å²) in [7, 11) is 5.70. The van der Waals surface area contributed by atoms with E-state index in [4.69, 9.17) is 0 Å². The molecule has 0 unspecified atom stereocenters. The fourth-order valence-corrected chi connectivity index (χ4v) is 3.57. The summed E-state index contributed by atoms with van der Waals surface area (Å²) in [6.45, 7) is 1.35. The van der Waals surface area contributed by atoms with E-state index in [2.05, 4.69) is 15.0 Å². The number of hydrogen-bond acceptors (Lipinski definition) is 5. The van der Waals surface area contributed by atoms with Crippen LogP contribution in [0.5, 0.6) is 0 Å². The zero-order valence-electron chi connectivity index (χ0n) is 14.4. The van der Waals surface area contributed by atoms with Crippen molar-refractivity contribution in [3.8, 4) is 0 Å². The maximum atomic E-state index is 14.0. The Morgan fingerprint density at radius 3 is 2.72 bits per heavy atom. The molecule has 0 fully saturated rings. The summed E-state index contributed by atoms with van der Waals surface area (Å²) in [6.07, 6.45) is 2.37. The van der Waals surface area contributed by atoms with Gasteiger partial charge in [0.05, 0.1) is 4.70 Å². The molecule has 0 atom stereocenters. The highest BCUT2D eigenvalue weighted by Crippen LogP contribution is 2.31. The lowest BCUT2D eigenvalue weighted by atomic mass is 10.3. The second-order valence-corrected chi connectivity index (χ2v) is 7.05. The number of anilines is 1. The monoisotopic (exact) mass is 361 g/mol. The van der Waals surface area contributed by atoms with E-state index in [-0.39, 0.29) is 11.7 Å². The van der Waals surface area contributed by atoms with Crippen molar-refractivity contribution in [1.29, 1.82) is 0 Å². The Bertz CT molecular complexity index is 888. The first-order valence-electron chi connectivity index (χ1n) is 7.97. The third kappa shape index (κ3) is 3.69. The number of benzene rings is 1. The molecular formula is C17H20FN5OS. The normalized spacial score (nSPS) is 11.4. The fourth-order valence-electron chi connectivity index (χ4n) is 2.57. The van der Waals surface area contributed by atoms with E-state index in [0.29, 0.717) is 22.9 Å². The van der Waals surface area contributed by atoms with Gasteiger partial charge < -0.3 is 4.90 Å². The number of halogens is 1. The Labute approximate surface area is 149 Å². The molecule has 2 heterocycles. The lowest BCUT2D eigenvalue weighted by Crippen LogP contribution is -2.34. The van der Waals surface area contributed by atoms with Gasteiger partial charge in [0.25, 0.3) is 5.91 Å². The summed E-state index contributed by atoms with van der Waals surface area (Å²) in [5.41, 5.74) is 0.780. The van der Waals surface area contributed by atoms with Gasteiger partial charge >= 0.3 is 0 Å². The van der Waals surface area contributed by atoms with Gasteiger partial charge in [-0.2, -0.15) is 5.10 Å². The van der Waals surface area contributed by atoms with Gasteiger partial charge in [0, 0.05) is 19.8 Å². The molecule has 0 spiro atoms. The molecule has 132 valence electrons. The molecule has 0 saturated heterocycles. The molecule has 8 heteroatoms. The van der Waals surface area contributed by atoms with E-state index in [1.807, 2.05) is 20.2 Å². The minimum absolute atomic E-state index is 0.182. The highest BCUT2D eigenvalue weighted by atomic mass is 32.1. The van der Waals surface area contributed by atoms with Crippen LogP contribution in [0.1, 0.15) is 16.9 Å². The van der Waals surface area contributed by atoms with E-state index in [1.165, 1.54) is 22.1 Å². The zero-order valence-corrected chi connectivity index (χ0v) is 15.3. The predicted molar refractivity (Wildman–Crippen MR) is 97.6 cm³/mol. The maximum absolute atomic E-state index is 14.0. The van der Waals surface area contributed by atoms with Crippen LogP contribution < -0.4 is 4.90 Å². The first kappa shape index (κ1) is 17.5. The Kier molecular flexibility index (Phi) is 5.10. The number of nitrogens with zero attached hydrogens (tertiary/aromatic N) is 5. The van der Waals surface area contributed by atoms with Crippen molar-refractivity contribution in [2.45, 2.75) is 6.42 Å². The third-order valence-electron chi connectivity index (χ3n) is 3.86. The SMILES string of the molecule is CN(C)CCCN(C(=O)c1ccnn1C)c1nc2c(F)cccc2s1. The van der Waals surface area contributed by atoms with Crippen LogP contribution in [0.2, 0.25) is 0 Å². The summed E-state index contributed by atoms with van der Waals surface area (Å²) in [5.74, 6) is -0.556. The minimum Gasteiger partial charge on any atom is -0.309 e. The second kappa shape index (κ2) is 7.28. The van der Waals surface area contributed by atoms with E-state index in [0.717, 1.165) is 17.7 Å². The molecule has 25 heavy (non-hydrogen) atoms. The molecule has 0 radical (unpaired) electrons. The van der Waals surface area contributed by atoms with Crippen LogP contribution in [-0.2, 0) is 7.05 Å². The van der Waals surface area contributed by atoms with Crippen molar-refractivity contribution in [2.24, 2.45) is 7.05 Å². The molecule has 3 aromatic rings. The molecule has 1 amide bonds. The highest BCUT2D eigenvalue weighted by molar-refractivity contribution is 7.22. The number of rotatable bonds is 6. The summed E-state index contributed by atoms with van der Waals surface area (Å²) in [6, 6.07) is 6.52. The van der Waals surface area contributed by atoms with Gasteiger partial charge in [0.15, 0.2) is 5.13 Å². The average Bonchev–Trinajstić information content (AvgIpc) is 3.17. The molecule has 0 N–H and O–H groups in total. The lowest BCUT2D eigenvalue weighted by molar-refractivity contribution is 0.0977. The molecular weight excluding hydrogens is 341 g/mol. The van der Waals surface area contributed by atoms with Crippen LogP contribution in [0.25, 0.3) is 10.2 Å². The zero-order chi connectivity index (χ0) is 18.0. The second-order valence-electron chi connectivity index (χ2n) is 6.04. The Morgan fingerprint density at radius 2 is 2.08 bits per heavy atom. The van der Waals surface area contributed by atoms with Crippen molar-refractivity contribution in [1.82, 2.24) is 19.7 Å². The van der Waals surface area contributed by atoms with Crippen molar-refractivity contribution in [2.75, 3.05) is 32.1 Å². The highest BCUT2D eigenvalue weighted by Gasteiger charge is 2.23. The molecule has 3 rings (SSSR count). The molecule has 1 aromatic carbocycles. The third-order valence-corrected chi connectivity index (χ3v) is 4.91. The smallest absolute Gasteiger partial charge is 0.278 e. The number of carbonyl (C=O) groups is 1. The first-order chi connectivity index (χ1) is 12.0. The van der Waals surface area contributed by atoms with Gasteiger partial charge in [-0.3, -0.25) is 14.4 Å². The fraction of sp³-hybridized carbons (Fsp3) is 0.353. The number of hydrogen-bond donors (Lipinski definition) is 0. The standard InChI is InChI=1S/C17H20FN5OS/c1-21(2)10-5-11-23(16(24)13-8-9-19-22(13)3)17-20-15-12(18)6-4-7-14(15)25-17/h4,6-9H,5,10-11H2,1-3H3. The van der Waals surface area contributed by atoms with Gasteiger partial charge in [0.1, 0.15) is 17.0 Å². The Morgan fingerprint density at radius 1 is 1.28 bits per heavy atom. The molecule has 0 aliphatic rings. The van der Waals surface area contributed by atoms with E-state index in [1.54, 1.807) is 30.3 Å². The van der Waals surface area contributed by atoms with Crippen LogP contribution in [0.3, 0.4) is 0 Å². The molecule has 0 saturated carbocycles. The van der Waals surface area contributed by atoms with Gasteiger partial charge in [-0.1, -0.05) is 17.4 Å². The van der Waals surface area contributed by atoms with Crippen LogP contribution in [0, 0.1) is 5.82 Å². The number of thiazole rings is 1. The number of aryl methyl sites for hydroxylation is 1. The summed E-state index contributed by atoms with van der Waals surface area (Å²) < 4.78 is 16.2. The lowest BCUT2D eigenvalue weighted by Gasteiger charge is -2.20. The van der Waals surface area contributed by atoms with Crippen molar-refractivity contribution in [3.63, 3.8) is 0 Å². The van der Waals surface area contributed by atoms with Gasteiger partial charge in [-0.15, -0.1) is 0 Å². The molecule has 6 nitrogen and oxygen atoms in total. The average molecular weight is 361 g/mol. The van der Waals surface area contributed by atoms with E-state index in [9.17, 15) is 9.18 Å². The van der Waals surface area contributed by atoms with Gasteiger partial charge in [-0.25, -0.2) is 9.37 Å². The number of carbonyl (C=O) groups excluding carboxylic acids is 1. The molecule has 2 aromatic heterocycles. The van der Waals surface area contributed by atoms with Crippen LogP contribution in [0.15, 0.2) is 30.5 Å². The summed E-state index contributed by atoms with van der Waals surface area (Å²) >= 11 is 1.32. The summed E-state index contributed by atoms with van der Waals surface area (Å²) in [5, 5.41) is 4.57. The van der Waals surface area contributed by atoms with Gasteiger partial charge in [0.2, 0.25) is 0 Å². The first-order valence-corrected chi connectivity index (χ1v) is 8.78. The minimum atomic E-state index is -0.374. The number of para-hydroxylation sites is 1. The molecule has 0 aliphatic heterocycles.